The SMILES string of the molecule is CNC(=O)c1c(CC(=O)C2CC2)sc2c1CCCO2. The van der Waals surface area contributed by atoms with Crippen LogP contribution >= 0.6 is 11.3 Å². The van der Waals surface area contributed by atoms with Crippen molar-refractivity contribution in [2.45, 2.75) is 32.1 Å². The Balaban J connectivity index is 1.94. The van der Waals surface area contributed by atoms with E-state index in [0.29, 0.717) is 18.6 Å². The van der Waals surface area contributed by atoms with Crippen LogP contribution in [-0.2, 0) is 17.6 Å². The molecule has 0 atom stereocenters. The van der Waals surface area contributed by atoms with E-state index in [9.17, 15) is 9.59 Å². The average Bonchev–Trinajstić information content (AvgIpc) is 3.20. The second kappa shape index (κ2) is 4.96. The lowest BCUT2D eigenvalue weighted by Gasteiger charge is -2.13. The van der Waals surface area contributed by atoms with Crippen LogP contribution in [0.1, 0.15) is 40.1 Å². The quantitative estimate of drug-likeness (QED) is 0.916. The molecule has 4 nitrogen and oxygen atoms in total. The summed E-state index contributed by atoms with van der Waals surface area (Å²) in [5.41, 5.74) is 1.69. The molecule has 2 aliphatic rings. The van der Waals surface area contributed by atoms with Gasteiger partial charge in [-0.2, -0.15) is 0 Å². The summed E-state index contributed by atoms with van der Waals surface area (Å²) in [5, 5.41) is 3.51. The Labute approximate surface area is 116 Å². The highest BCUT2D eigenvalue weighted by Gasteiger charge is 2.32. The summed E-state index contributed by atoms with van der Waals surface area (Å²) < 4.78 is 5.62. The Morgan fingerprint density at radius 3 is 2.89 bits per heavy atom. The third-order valence-corrected chi connectivity index (χ3v) is 4.81. The van der Waals surface area contributed by atoms with Gasteiger partial charge in [-0.15, -0.1) is 11.3 Å². The summed E-state index contributed by atoms with van der Waals surface area (Å²) in [6.07, 6.45) is 4.20. The molecule has 1 aliphatic carbocycles. The first kappa shape index (κ1) is 12.7. The molecule has 0 bridgehead atoms. The monoisotopic (exact) mass is 279 g/mol. The first-order chi connectivity index (χ1) is 9.20. The van der Waals surface area contributed by atoms with E-state index in [2.05, 4.69) is 5.32 Å². The van der Waals surface area contributed by atoms with Crippen LogP contribution in [0.2, 0.25) is 0 Å². The van der Waals surface area contributed by atoms with Crippen molar-refractivity contribution >= 4 is 23.0 Å². The van der Waals surface area contributed by atoms with E-state index in [1.54, 1.807) is 7.05 Å². The van der Waals surface area contributed by atoms with Gasteiger partial charge < -0.3 is 10.1 Å². The van der Waals surface area contributed by atoms with Crippen molar-refractivity contribution in [3.05, 3.63) is 16.0 Å². The first-order valence-electron chi connectivity index (χ1n) is 6.73. The molecule has 1 aromatic heterocycles. The van der Waals surface area contributed by atoms with E-state index in [1.165, 1.54) is 11.3 Å². The summed E-state index contributed by atoms with van der Waals surface area (Å²) in [6.45, 7) is 0.705. The standard InChI is InChI=1S/C14H17NO3S/c1-15-13(17)12-9-3-2-6-18-14(9)19-11(12)7-10(16)8-4-5-8/h8H,2-7H2,1H3,(H,15,17). The number of rotatable bonds is 4. The Bertz CT molecular complexity index is 531. The third-order valence-electron chi connectivity index (χ3n) is 3.67. The topological polar surface area (TPSA) is 55.4 Å². The maximum Gasteiger partial charge on any atom is 0.252 e. The first-order valence-corrected chi connectivity index (χ1v) is 7.54. The summed E-state index contributed by atoms with van der Waals surface area (Å²) >= 11 is 1.48. The highest BCUT2D eigenvalue weighted by molar-refractivity contribution is 7.14. The zero-order valence-corrected chi connectivity index (χ0v) is 11.8. The minimum absolute atomic E-state index is 0.0957. The largest absolute Gasteiger partial charge is 0.484 e. The molecule has 1 aromatic rings. The van der Waals surface area contributed by atoms with E-state index in [1.807, 2.05) is 0 Å². The smallest absolute Gasteiger partial charge is 0.252 e. The number of fused-ring (bicyclic) bond motifs is 1. The molecule has 19 heavy (non-hydrogen) atoms. The van der Waals surface area contributed by atoms with E-state index in [-0.39, 0.29) is 17.6 Å². The van der Waals surface area contributed by atoms with Crippen molar-refractivity contribution < 1.29 is 14.3 Å². The Kier molecular flexibility index (Phi) is 3.31. The van der Waals surface area contributed by atoms with Crippen LogP contribution in [0.4, 0.5) is 0 Å². The molecule has 0 radical (unpaired) electrons. The summed E-state index contributed by atoms with van der Waals surface area (Å²) in [5.74, 6) is 0.405. The number of ketones is 1. The van der Waals surface area contributed by atoms with Gasteiger partial charge in [0.2, 0.25) is 0 Å². The van der Waals surface area contributed by atoms with Crippen LogP contribution in [0.15, 0.2) is 0 Å². The third kappa shape index (κ3) is 2.39. The van der Waals surface area contributed by atoms with E-state index in [0.717, 1.165) is 41.2 Å². The van der Waals surface area contributed by atoms with Crippen LogP contribution in [0.25, 0.3) is 0 Å². The van der Waals surface area contributed by atoms with Crippen molar-refractivity contribution in [3.8, 4) is 5.06 Å². The van der Waals surface area contributed by atoms with Crippen LogP contribution in [0.3, 0.4) is 0 Å². The predicted molar refractivity (Wildman–Crippen MR) is 73.0 cm³/mol. The van der Waals surface area contributed by atoms with Crippen LogP contribution in [-0.4, -0.2) is 25.3 Å². The minimum Gasteiger partial charge on any atom is -0.484 e. The fraction of sp³-hybridized carbons (Fsp3) is 0.571. The van der Waals surface area contributed by atoms with Crippen molar-refractivity contribution in [3.63, 3.8) is 0 Å². The van der Waals surface area contributed by atoms with Crippen LogP contribution in [0.5, 0.6) is 5.06 Å². The number of ether oxygens (including phenoxy) is 1. The lowest BCUT2D eigenvalue weighted by atomic mass is 10.0. The summed E-state index contributed by atoms with van der Waals surface area (Å²) in [6, 6.07) is 0. The lowest BCUT2D eigenvalue weighted by Crippen LogP contribution is -2.22. The highest BCUT2D eigenvalue weighted by Crippen LogP contribution is 2.40. The molecule has 102 valence electrons. The predicted octanol–water partition coefficient (Wildman–Crippen LogP) is 1.95. The molecular formula is C14H17NO3S. The Hall–Kier alpha value is -1.36. The lowest BCUT2D eigenvalue weighted by molar-refractivity contribution is -0.119. The molecule has 1 fully saturated rings. The molecule has 5 heteroatoms. The average molecular weight is 279 g/mol. The normalized spacial score (nSPS) is 17.5. The molecule has 0 unspecified atom stereocenters. The van der Waals surface area contributed by atoms with Gasteiger partial charge in [0, 0.05) is 29.8 Å². The highest BCUT2D eigenvalue weighted by atomic mass is 32.1. The molecule has 1 N–H and O–H groups in total. The van der Waals surface area contributed by atoms with Crippen molar-refractivity contribution in [1.29, 1.82) is 0 Å². The van der Waals surface area contributed by atoms with Gasteiger partial charge in [0.15, 0.2) is 5.06 Å². The van der Waals surface area contributed by atoms with Crippen LogP contribution in [0, 0.1) is 5.92 Å². The number of amides is 1. The zero-order valence-electron chi connectivity index (χ0n) is 11.0. The van der Waals surface area contributed by atoms with E-state index >= 15 is 0 Å². The number of Topliss-reactive ketones (excluding diaryl/α,β-unsaturated/α-hetero) is 1. The summed E-state index contributed by atoms with van der Waals surface area (Å²) in [7, 11) is 1.63. The van der Waals surface area contributed by atoms with Gasteiger partial charge >= 0.3 is 0 Å². The molecule has 2 heterocycles. The van der Waals surface area contributed by atoms with Gasteiger partial charge in [0.25, 0.3) is 5.91 Å². The van der Waals surface area contributed by atoms with Gasteiger partial charge in [-0.25, -0.2) is 0 Å². The van der Waals surface area contributed by atoms with Gasteiger partial charge in [-0.05, 0) is 25.7 Å². The van der Waals surface area contributed by atoms with Gasteiger partial charge in [0.05, 0.1) is 12.2 Å². The number of hydrogen-bond donors (Lipinski definition) is 1. The fourth-order valence-electron chi connectivity index (χ4n) is 2.47. The van der Waals surface area contributed by atoms with Crippen molar-refractivity contribution in [2.24, 2.45) is 5.92 Å². The van der Waals surface area contributed by atoms with Gasteiger partial charge in [-0.3, -0.25) is 9.59 Å². The zero-order chi connectivity index (χ0) is 13.4. The maximum absolute atomic E-state index is 12.1. The Morgan fingerprint density at radius 1 is 1.42 bits per heavy atom. The van der Waals surface area contributed by atoms with Crippen molar-refractivity contribution in [2.75, 3.05) is 13.7 Å². The number of hydrogen-bond acceptors (Lipinski definition) is 4. The number of carbonyl (C=O) groups excluding carboxylic acids is 2. The number of carbonyl (C=O) groups is 2. The molecule has 1 amide bonds. The Morgan fingerprint density at radius 2 is 2.21 bits per heavy atom. The summed E-state index contributed by atoms with van der Waals surface area (Å²) in [4.78, 5) is 24.9. The molecule has 0 spiro atoms. The van der Waals surface area contributed by atoms with Crippen LogP contribution < -0.4 is 10.1 Å². The van der Waals surface area contributed by atoms with Gasteiger partial charge in [-0.1, -0.05) is 0 Å². The molecule has 0 aromatic carbocycles. The van der Waals surface area contributed by atoms with E-state index < -0.39 is 0 Å². The van der Waals surface area contributed by atoms with Crippen molar-refractivity contribution in [1.82, 2.24) is 5.32 Å². The minimum atomic E-state index is -0.0957. The second-order valence-electron chi connectivity index (χ2n) is 5.11. The van der Waals surface area contributed by atoms with Gasteiger partial charge in [0.1, 0.15) is 5.78 Å². The maximum atomic E-state index is 12.1. The number of thiophene rings is 1. The second-order valence-corrected chi connectivity index (χ2v) is 6.18. The molecular weight excluding hydrogens is 262 g/mol. The fourth-order valence-corrected chi connectivity index (χ4v) is 3.70. The number of nitrogens with one attached hydrogen (secondary N) is 1. The molecule has 1 saturated carbocycles. The van der Waals surface area contributed by atoms with E-state index in [4.69, 9.17) is 4.74 Å². The molecule has 3 rings (SSSR count). The molecule has 1 aliphatic heterocycles. The molecule has 0 saturated heterocycles.